The van der Waals surface area contributed by atoms with Crippen LogP contribution in [0.2, 0.25) is 0 Å². The molecule has 0 aromatic rings. The smallest absolute Gasteiger partial charge is 0.317 e. The zero-order valence-corrected chi connectivity index (χ0v) is 14.2. The molecule has 2 amide bonds. The highest BCUT2D eigenvalue weighted by atomic mass is 16.4. The van der Waals surface area contributed by atoms with E-state index in [1.165, 1.54) is 0 Å². The van der Waals surface area contributed by atoms with E-state index >= 15 is 0 Å². The Bertz CT molecular complexity index is 412. The van der Waals surface area contributed by atoms with Crippen LogP contribution in [0.25, 0.3) is 0 Å². The number of piperidine rings is 1. The highest BCUT2D eigenvalue weighted by Gasteiger charge is 2.40. The quantitative estimate of drug-likeness (QED) is 0.841. The van der Waals surface area contributed by atoms with Crippen molar-refractivity contribution in [3.05, 3.63) is 0 Å². The number of hydrogen-bond acceptors (Lipinski definition) is 2. The minimum atomic E-state index is -0.830. The Hall–Kier alpha value is -1.26. The van der Waals surface area contributed by atoms with Gasteiger partial charge in [0.2, 0.25) is 0 Å². The van der Waals surface area contributed by atoms with Gasteiger partial charge in [-0.05, 0) is 45.4 Å². The van der Waals surface area contributed by atoms with Crippen molar-refractivity contribution >= 4 is 12.0 Å². The molecule has 0 aromatic heterocycles. The lowest BCUT2D eigenvalue weighted by Crippen LogP contribution is -2.56. The fourth-order valence-corrected chi connectivity index (χ4v) is 3.33. The van der Waals surface area contributed by atoms with E-state index in [-0.39, 0.29) is 23.5 Å². The Labute approximate surface area is 128 Å². The molecule has 1 fully saturated rings. The Morgan fingerprint density at radius 1 is 1.24 bits per heavy atom. The summed E-state index contributed by atoms with van der Waals surface area (Å²) in [6.07, 6.45) is 2.21. The number of carbonyl (C=O) groups is 2. The Morgan fingerprint density at radius 3 is 2.29 bits per heavy atom. The van der Waals surface area contributed by atoms with Crippen LogP contribution in [-0.4, -0.2) is 40.6 Å². The predicted molar refractivity (Wildman–Crippen MR) is 83.2 cm³/mol. The molecule has 1 heterocycles. The standard InChI is InChI=1S/C16H30N2O3/c1-14(2,3)10-15(4,5)17-13(21)18-9-7-8-16(6,11-18)12(19)20/h7-11H2,1-6H3,(H,17,21)(H,19,20). The molecule has 5 nitrogen and oxygen atoms in total. The van der Waals surface area contributed by atoms with E-state index in [1.54, 1.807) is 11.8 Å². The fraction of sp³-hybridized carbons (Fsp3) is 0.875. The number of carboxylic acid groups (broad SMARTS) is 1. The van der Waals surface area contributed by atoms with Crippen LogP contribution in [0.5, 0.6) is 0 Å². The maximum Gasteiger partial charge on any atom is 0.317 e. The molecular weight excluding hydrogens is 268 g/mol. The lowest BCUT2D eigenvalue weighted by atomic mass is 9.81. The number of rotatable bonds is 3. The van der Waals surface area contributed by atoms with Gasteiger partial charge in [0.15, 0.2) is 0 Å². The number of likely N-dealkylation sites (tertiary alicyclic amines) is 1. The number of carboxylic acids is 1. The van der Waals surface area contributed by atoms with Crippen LogP contribution in [0.4, 0.5) is 4.79 Å². The third-order valence-corrected chi connectivity index (χ3v) is 3.92. The summed E-state index contributed by atoms with van der Waals surface area (Å²) in [6.45, 7) is 13.1. The molecule has 0 radical (unpaired) electrons. The van der Waals surface area contributed by atoms with Crippen molar-refractivity contribution in [1.82, 2.24) is 10.2 Å². The molecule has 0 aliphatic carbocycles. The second-order valence-electron chi connectivity index (χ2n) is 8.44. The van der Waals surface area contributed by atoms with E-state index < -0.39 is 11.4 Å². The first-order valence-electron chi connectivity index (χ1n) is 7.65. The van der Waals surface area contributed by atoms with Crippen molar-refractivity contribution in [2.45, 2.75) is 66.3 Å². The first-order chi connectivity index (χ1) is 9.35. The summed E-state index contributed by atoms with van der Waals surface area (Å²) in [6, 6.07) is -0.156. The largest absolute Gasteiger partial charge is 0.481 e. The molecule has 21 heavy (non-hydrogen) atoms. The van der Waals surface area contributed by atoms with Crippen molar-refractivity contribution in [1.29, 1.82) is 0 Å². The zero-order valence-electron chi connectivity index (χ0n) is 14.2. The van der Waals surface area contributed by atoms with Crippen LogP contribution in [0.1, 0.15) is 60.8 Å². The van der Waals surface area contributed by atoms with Crippen LogP contribution >= 0.6 is 0 Å². The molecule has 1 rings (SSSR count). The highest BCUT2D eigenvalue weighted by molar-refractivity contribution is 5.78. The summed E-state index contributed by atoms with van der Waals surface area (Å²) >= 11 is 0. The van der Waals surface area contributed by atoms with Gasteiger partial charge in [-0.15, -0.1) is 0 Å². The number of hydrogen-bond donors (Lipinski definition) is 2. The molecule has 1 saturated heterocycles. The first kappa shape index (κ1) is 17.8. The summed E-state index contributed by atoms with van der Waals surface area (Å²) in [5.74, 6) is -0.825. The van der Waals surface area contributed by atoms with Gasteiger partial charge in [-0.2, -0.15) is 0 Å². The molecule has 1 atom stereocenters. The lowest BCUT2D eigenvalue weighted by molar-refractivity contribution is -0.150. The monoisotopic (exact) mass is 298 g/mol. The topological polar surface area (TPSA) is 69.6 Å². The lowest BCUT2D eigenvalue weighted by Gasteiger charge is -2.40. The second-order valence-corrected chi connectivity index (χ2v) is 8.44. The van der Waals surface area contributed by atoms with Crippen molar-refractivity contribution in [3.8, 4) is 0 Å². The maximum atomic E-state index is 12.4. The van der Waals surface area contributed by atoms with E-state index in [0.717, 1.165) is 12.8 Å². The Morgan fingerprint density at radius 2 is 1.81 bits per heavy atom. The third kappa shape index (κ3) is 5.21. The van der Waals surface area contributed by atoms with Gasteiger partial charge >= 0.3 is 12.0 Å². The average Bonchev–Trinajstić information content (AvgIpc) is 2.24. The van der Waals surface area contributed by atoms with Gasteiger partial charge < -0.3 is 15.3 Å². The number of carbonyl (C=O) groups excluding carboxylic acids is 1. The van der Waals surface area contributed by atoms with Crippen molar-refractivity contribution in [3.63, 3.8) is 0 Å². The van der Waals surface area contributed by atoms with Crippen LogP contribution < -0.4 is 5.32 Å². The van der Waals surface area contributed by atoms with Gasteiger partial charge in [0, 0.05) is 18.6 Å². The fourth-order valence-electron chi connectivity index (χ4n) is 3.33. The van der Waals surface area contributed by atoms with E-state index in [0.29, 0.717) is 13.0 Å². The molecule has 0 spiro atoms. The molecule has 2 N–H and O–H groups in total. The summed E-state index contributed by atoms with van der Waals surface area (Å²) < 4.78 is 0. The number of nitrogens with one attached hydrogen (secondary N) is 1. The zero-order chi connectivity index (χ0) is 16.5. The van der Waals surface area contributed by atoms with E-state index in [4.69, 9.17) is 0 Å². The van der Waals surface area contributed by atoms with Gasteiger partial charge in [-0.3, -0.25) is 4.79 Å². The van der Waals surface area contributed by atoms with Gasteiger partial charge in [0.1, 0.15) is 0 Å². The third-order valence-electron chi connectivity index (χ3n) is 3.92. The van der Waals surface area contributed by atoms with Crippen LogP contribution in [0.15, 0.2) is 0 Å². The molecule has 1 aliphatic heterocycles. The van der Waals surface area contributed by atoms with Crippen molar-refractivity contribution in [2.75, 3.05) is 13.1 Å². The first-order valence-corrected chi connectivity index (χ1v) is 7.65. The summed E-state index contributed by atoms with van der Waals surface area (Å²) in [5.41, 5.74) is -1.02. The number of amides is 2. The maximum absolute atomic E-state index is 12.4. The number of nitrogens with zero attached hydrogens (tertiary/aromatic N) is 1. The number of urea groups is 1. The van der Waals surface area contributed by atoms with Crippen molar-refractivity contribution < 1.29 is 14.7 Å². The minimum absolute atomic E-state index is 0.119. The van der Waals surface area contributed by atoms with Gasteiger partial charge in [0.25, 0.3) is 0 Å². The normalized spacial score (nSPS) is 23.8. The van der Waals surface area contributed by atoms with Crippen LogP contribution in [0, 0.1) is 10.8 Å². The minimum Gasteiger partial charge on any atom is -0.481 e. The average molecular weight is 298 g/mol. The molecule has 0 bridgehead atoms. The summed E-state index contributed by atoms with van der Waals surface area (Å²) in [7, 11) is 0. The molecule has 0 saturated carbocycles. The summed E-state index contributed by atoms with van der Waals surface area (Å²) in [4.78, 5) is 25.4. The molecule has 5 heteroatoms. The SMILES string of the molecule is CC(C)(C)CC(C)(C)NC(=O)N1CCCC(C)(C(=O)O)C1. The summed E-state index contributed by atoms with van der Waals surface area (Å²) in [5, 5.41) is 12.4. The van der Waals surface area contributed by atoms with Gasteiger partial charge in [-0.1, -0.05) is 20.8 Å². The van der Waals surface area contributed by atoms with Crippen LogP contribution in [0.3, 0.4) is 0 Å². The van der Waals surface area contributed by atoms with E-state index in [9.17, 15) is 14.7 Å². The number of aliphatic carboxylic acids is 1. The van der Waals surface area contributed by atoms with E-state index in [2.05, 4.69) is 26.1 Å². The van der Waals surface area contributed by atoms with Gasteiger partial charge in [-0.25, -0.2) is 4.79 Å². The van der Waals surface area contributed by atoms with Crippen LogP contribution in [-0.2, 0) is 4.79 Å². The molecule has 1 aliphatic rings. The molecule has 1 unspecified atom stereocenters. The van der Waals surface area contributed by atoms with Crippen molar-refractivity contribution in [2.24, 2.45) is 10.8 Å². The highest BCUT2D eigenvalue weighted by Crippen LogP contribution is 2.31. The molecule has 122 valence electrons. The Kier molecular flexibility index (Phi) is 4.96. The second kappa shape index (κ2) is 5.85. The molecule has 0 aromatic carbocycles. The molecular formula is C16H30N2O3. The Balaban J connectivity index is 2.69. The predicted octanol–water partition coefficient (Wildman–Crippen LogP) is 3.10. The van der Waals surface area contributed by atoms with Gasteiger partial charge in [0.05, 0.1) is 5.41 Å². The van der Waals surface area contributed by atoms with E-state index in [1.807, 2.05) is 13.8 Å².